The van der Waals surface area contributed by atoms with E-state index in [1.54, 1.807) is 24.3 Å². The number of nitrogens with two attached hydrogens (primary N) is 1. The van der Waals surface area contributed by atoms with Crippen LogP contribution in [0.1, 0.15) is 25.3 Å². The molecule has 1 fully saturated rings. The Balaban J connectivity index is 0.00000288. The second kappa shape index (κ2) is 9.57. The highest BCUT2D eigenvalue weighted by atomic mass is 127. The molecule has 1 aliphatic heterocycles. The quantitative estimate of drug-likeness (QED) is 0.301. The van der Waals surface area contributed by atoms with Gasteiger partial charge < -0.3 is 10.6 Å². The zero-order chi connectivity index (χ0) is 16.9. The summed E-state index contributed by atoms with van der Waals surface area (Å²) >= 11 is 0. The molecule has 0 spiro atoms. The lowest BCUT2D eigenvalue weighted by atomic mass is 10.0. The zero-order valence-corrected chi connectivity index (χ0v) is 17.4. The number of nitrogens with one attached hydrogen (secondary N) is 1. The molecular formula is C16H27IN4O2S. The molecule has 2 rings (SSSR count). The highest BCUT2D eigenvalue weighted by molar-refractivity contribution is 14.0. The van der Waals surface area contributed by atoms with Crippen molar-refractivity contribution in [3.05, 3.63) is 29.8 Å². The summed E-state index contributed by atoms with van der Waals surface area (Å²) in [5, 5.41) is 0. The number of hydrogen-bond acceptors (Lipinski definition) is 3. The number of rotatable bonds is 5. The summed E-state index contributed by atoms with van der Waals surface area (Å²) < 4.78 is 26.8. The van der Waals surface area contributed by atoms with E-state index in [4.69, 9.17) is 5.73 Å². The maximum atomic E-state index is 12.1. The molecule has 0 amide bonds. The van der Waals surface area contributed by atoms with Crippen molar-refractivity contribution in [2.24, 2.45) is 16.6 Å². The summed E-state index contributed by atoms with van der Waals surface area (Å²) in [5.74, 6) is 1.13. The predicted molar refractivity (Wildman–Crippen MR) is 108 cm³/mol. The van der Waals surface area contributed by atoms with E-state index in [1.165, 1.54) is 6.42 Å². The number of benzene rings is 1. The number of aryl methyl sites for hydroxylation is 1. The van der Waals surface area contributed by atoms with E-state index in [1.807, 2.05) is 6.92 Å². The Labute approximate surface area is 162 Å². The molecule has 6 nitrogen and oxygen atoms in total. The number of guanidine groups is 1. The number of sulfonamides is 1. The topological polar surface area (TPSA) is 87.8 Å². The first-order valence-corrected chi connectivity index (χ1v) is 9.48. The van der Waals surface area contributed by atoms with Crippen molar-refractivity contribution in [3.8, 4) is 0 Å². The number of hydrogen-bond donors (Lipinski definition) is 2. The number of nitrogens with zero attached hydrogens (tertiary/aromatic N) is 2. The van der Waals surface area contributed by atoms with Crippen LogP contribution in [0.2, 0.25) is 0 Å². The van der Waals surface area contributed by atoms with Crippen molar-refractivity contribution in [1.29, 1.82) is 0 Å². The van der Waals surface area contributed by atoms with E-state index in [2.05, 4.69) is 21.5 Å². The summed E-state index contributed by atoms with van der Waals surface area (Å²) in [5.41, 5.74) is 7.01. The molecule has 0 bridgehead atoms. The third-order valence-corrected chi connectivity index (χ3v) is 5.47. The second-order valence-corrected chi connectivity index (χ2v) is 7.91. The molecule has 1 atom stereocenters. The molecule has 1 unspecified atom stereocenters. The highest BCUT2D eigenvalue weighted by Crippen LogP contribution is 2.14. The number of likely N-dealkylation sites (tertiary alicyclic amines) is 1. The number of piperidine rings is 1. The average molecular weight is 466 g/mol. The summed E-state index contributed by atoms with van der Waals surface area (Å²) in [6, 6.07) is 6.76. The molecule has 24 heavy (non-hydrogen) atoms. The van der Waals surface area contributed by atoms with Gasteiger partial charge in [0.2, 0.25) is 10.0 Å². The lowest BCUT2D eigenvalue weighted by Gasteiger charge is -2.31. The Morgan fingerprint density at radius 1 is 1.38 bits per heavy atom. The fourth-order valence-corrected chi connectivity index (χ4v) is 3.67. The van der Waals surface area contributed by atoms with E-state index in [-0.39, 0.29) is 35.4 Å². The van der Waals surface area contributed by atoms with E-state index >= 15 is 0 Å². The van der Waals surface area contributed by atoms with Gasteiger partial charge in [-0.15, -0.1) is 24.0 Å². The molecule has 1 aromatic carbocycles. The molecule has 0 aromatic heterocycles. The maximum Gasteiger partial charge on any atom is 0.240 e. The molecule has 0 saturated carbocycles. The van der Waals surface area contributed by atoms with E-state index in [0.29, 0.717) is 18.4 Å². The lowest BCUT2D eigenvalue weighted by molar-refractivity contribution is 0.270. The van der Waals surface area contributed by atoms with Gasteiger partial charge in [0.1, 0.15) is 0 Å². The first-order valence-electron chi connectivity index (χ1n) is 7.99. The average Bonchev–Trinajstić information content (AvgIpc) is 2.52. The van der Waals surface area contributed by atoms with Crippen LogP contribution in [0.15, 0.2) is 34.2 Å². The van der Waals surface area contributed by atoms with E-state index in [0.717, 1.165) is 25.1 Å². The fraction of sp³-hybridized carbons (Fsp3) is 0.562. The number of halogens is 1. The van der Waals surface area contributed by atoms with Crippen molar-refractivity contribution in [1.82, 2.24) is 9.62 Å². The van der Waals surface area contributed by atoms with Crippen LogP contribution in [0.5, 0.6) is 0 Å². The van der Waals surface area contributed by atoms with Gasteiger partial charge in [-0.3, -0.25) is 4.99 Å². The standard InChI is InChI=1S/C16H26N4O2S.HI/c1-13-5-7-15(8-6-13)23(21,22)19-10-9-18-16(17)20-11-3-4-14(2)12-20;/h5-8,14,19H,3-4,9-12H2,1-2H3,(H2,17,18);1H. The van der Waals surface area contributed by atoms with Crippen molar-refractivity contribution < 1.29 is 8.42 Å². The summed E-state index contributed by atoms with van der Waals surface area (Å²) in [7, 11) is -3.48. The summed E-state index contributed by atoms with van der Waals surface area (Å²) in [6.45, 7) is 6.54. The maximum absolute atomic E-state index is 12.1. The molecule has 1 aromatic rings. The van der Waals surface area contributed by atoms with Crippen LogP contribution in [-0.4, -0.2) is 45.5 Å². The molecular weight excluding hydrogens is 439 g/mol. The van der Waals surface area contributed by atoms with Crippen molar-refractivity contribution >= 4 is 40.0 Å². The Morgan fingerprint density at radius 3 is 2.67 bits per heavy atom. The SMILES string of the molecule is Cc1ccc(S(=O)(=O)NCCN=C(N)N2CCCC(C)C2)cc1.I. The van der Waals surface area contributed by atoms with E-state index < -0.39 is 10.0 Å². The lowest BCUT2D eigenvalue weighted by Crippen LogP contribution is -2.43. The first kappa shape index (κ1) is 21.2. The molecule has 1 aliphatic rings. The second-order valence-electron chi connectivity index (χ2n) is 6.14. The molecule has 1 saturated heterocycles. The van der Waals surface area contributed by atoms with Gasteiger partial charge in [0, 0.05) is 19.6 Å². The molecule has 8 heteroatoms. The van der Waals surface area contributed by atoms with Crippen molar-refractivity contribution in [2.75, 3.05) is 26.2 Å². The van der Waals surface area contributed by atoms with E-state index in [9.17, 15) is 8.42 Å². The van der Waals surface area contributed by atoms with Crippen LogP contribution < -0.4 is 10.5 Å². The van der Waals surface area contributed by atoms with Crippen molar-refractivity contribution in [2.45, 2.75) is 31.6 Å². The largest absolute Gasteiger partial charge is 0.370 e. The molecule has 3 N–H and O–H groups in total. The summed E-state index contributed by atoms with van der Waals surface area (Å²) in [6.07, 6.45) is 2.34. The van der Waals surface area contributed by atoms with Gasteiger partial charge in [0.15, 0.2) is 5.96 Å². The Kier molecular flexibility index (Phi) is 8.44. The predicted octanol–water partition coefficient (Wildman–Crippen LogP) is 1.94. The van der Waals surface area contributed by atoms with Crippen LogP contribution in [0.25, 0.3) is 0 Å². The van der Waals surface area contributed by atoms with Crippen LogP contribution >= 0.6 is 24.0 Å². The van der Waals surface area contributed by atoms with Crippen molar-refractivity contribution in [3.63, 3.8) is 0 Å². The Hall–Kier alpha value is -0.870. The molecule has 0 aliphatic carbocycles. The summed E-state index contributed by atoms with van der Waals surface area (Å²) in [4.78, 5) is 6.63. The molecule has 1 heterocycles. The minimum atomic E-state index is -3.48. The van der Waals surface area contributed by atoms with Gasteiger partial charge >= 0.3 is 0 Å². The van der Waals surface area contributed by atoms with Crippen LogP contribution in [-0.2, 0) is 10.0 Å². The van der Waals surface area contributed by atoms with Gasteiger partial charge in [-0.05, 0) is 37.8 Å². The molecule has 136 valence electrons. The van der Waals surface area contributed by atoms with Gasteiger partial charge in [-0.2, -0.15) is 0 Å². The van der Waals surface area contributed by atoms with Gasteiger partial charge in [-0.25, -0.2) is 13.1 Å². The normalized spacial score (nSPS) is 19.0. The minimum Gasteiger partial charge on any atom is -0.370 e. The third kappa shape index (κ3) is 6.21. The van der Waals surface area contributed by atoms with Gasteiger partial charge in [0.05, 0.1) is 11.4 Å². The zero-order valence-electron chi connectivity index (χ0n) is 14.2. The Bertz CT molecular complexity index is 647. The minimum absolute atomic E-state index is 0. The smallest absolute Gasteiger partial charge is 0.240 e. The number of aliphatic imine (C=N–C) groups is 1. The van der Waals surface area contributed by atoms with Crippen LogP contribution in [0.4, 0.5) is 0 Å². The third-order valence-electron chi connectivity index (χ3n) is 3.99. The monoisotopic (exact) mass is 466 g/mol. The molecule has 0 radical (unpaired) electrons. The first-order chi connectivity index (χ1) is 10.9. The van der Waals surface area contributed by atoms with Gasteiger partial charge in [0.25, 0.3) is 0 Å². The van der Waals surface area contributed by atoms with Crippen LogP contribution in [0, 0.1) is 12.8 Å². The fourth-order valence-electron chi connectivity index (χ4n) is 2.65. The van der Waals surface area contributed by atoms with Gasteiger partial charge in [-0.1, -0.05) is 24.6 Å². The van der Waals surface area contributed by atoms with Crippen LogP contribution in [0.3, 0.4) is 0 Å². The Morgan fingerprint density at radius 2 is 2.04 bits per heavy atom. The highest BCUT2D eigenvalue weighted by Gasteiger charge is 2.17.